The predicted molar refractivity (Wildman–Crippen MR) is 99.2 cm³/mol. The Labute approximate surface area is 144 Å². The van der Waals surface area contributed by atoms with Crippen molar-refractivity contribution in [2.24, 2.45) is 5.92 Å². The lowest BCUT2D eigenvalue weighted by atomic mass is 9.81. The summed E-state index contributed by atoms with van der Waals surface area (Å²) in [6.07, 6.45) is 1.20. The van der Waals surface area contributed by atoms with E-state index in [0.29, 0.717) is 11.8 Å². The standard InChI is InChI=1S/C22H25NO/c1-16-14-23(15-18-7-4-3-5-8-18)12-11-20(16)21-10-6-9-19-13-17(2)24-22(19)21/h3-10,13,16,20H,11-12,14-15H2,1-2H3. The molecule has 1 fully saturated rings. The van der Waals surface area contributed by atoms with Crippen LogP contribution in [0, 0.1) is 12.8 Å². The van der Waals surface area contributed by atoms with Gasteiger partial charge in [0.2, 0.25) is 0 Å². The Morgan fingerprint density at radius 1 is 1.08 bits per heavy atom. The summed E-state index contributed by atoms with van der Waals surface area (Å²) in [7, 11) is 0. The summed E-state index contributed by atoms with van der Waals surface area (Å²) in [4.78, 5) is 2.59. The quantitative estimate of drug-likeness (QED) is 0.645. The van der Waals surface area contributed by atoms with Crippen LogP contribution in [0.5, 0.6) is 0 Å². The third-order valence-electron chi connectivity index (χ3n) is 5.34. The van der Waals surface area contributed by atoms with Gasteiger partial charge in [-0.05, 0) is 48.9 Å². The third kappa shape index (κ3) is 2.99. The van der Waals surface area contributed by atoms with Crippen molar-refractivity contribution in [3.63, 3.8) is 0 Å². The fourth-order valence-electron chi connectivity index (χ4n) is 4.19. The van der Waals surface area contributed by atoms with Crippen molar-refractivity contribution in [2.45, 2.75) is 32.7 Å². The smallest absolute Gasteiger partial charge is 0.137 e. The molecule has 0 spiro atoms. The maximum Gasteiger partial charge on any atom is 0.137 e. The van der Waals surface area contributed by atoms with Crippen LogP contribution in [0.15, 0.2) is 59.0 Å². The number of hydrogen-bond donors (Lipinski definition) is 0. The molecular formula is C22H25NO. The maximum atomic E-state index is 6.01. The molecule has 1 aliphatic rings. The fourth-order valence-corrected chi connectivity index (χ4v) is 4.19. The highest BCUT2D eigenvalue weighted by Gasteiger charge is 2.29. The second kappa shape index (κ2) is 6.45. The Morgan fingerprint density at radius 2 is 1.92 bits per heavy atom. The number of likely N-dealkylation sites (tertiary alicyclic amines) is 1. The van der Waals surface area contributed by atoms with Gasteiger partial charge in [0.05, 0.1) is 0 Å². The number of piperidine rings is 1. The van der Waals surface area contributed by atoms with E-state index in [9.17, 15) is 0 Å². The minimum absolute atomic E-state index is 0.589. The third-order valence-corrected chi connectivity index (χ3v) is 5.34. The summed E-state index contributed by atoms with van der Waals surface area (Å²) in [6.45, 7) is 7.78. The second-order valence-corrected chi connectivity index (χ2v) is 7.22. The first-order valence-electron chi connectivity index (χ1n) is 8.96. The van der Waals surface area contributed by atoms with Gasteiger partial charge in [-0.1, -0.05) is 55.5 Å². The first-order valence-corrected chi connectivity index (χ1v) is 8.96. The first-order chi connectivity index (χ1) is 11.7. The zero-order valence-electron chi connectivity index (χ0n) is 14.5. The molecule has 0 radical (unpaired) electrons. The van der Waals surface area contributed by atoms with Crippen molar-refractivity contribution < 1.29 is 4.42 Å². The normalized spacial score (nSPS) is 22.1. The zero-order valence-corrected chi connectivity index (χ0v) is 14.5. The highest BCUT2D eigenvalue weighted by Crippen LogP contribution is 2.37. The van der Waals surface area contributed by atoms with E-state index in [1.807, 2.05) is 6.92 Å². The van der Waals surface area contributed by atoms with Crippen LogP contribution in [0.2, 0.25) is 0 Å². The molecule has 4 rings (SSSR count). The molecule has 0 N–H and O–H groups in total. The lowest BCUT2D eigenvalue weighted by Crippen LogP contribution is -2.37. The topological polar surface area (TPSA) is 16.4 Å². The van der Waals surface area contributed by atoms with E-state index in [4.69, 9.17) is 4.42 Å². The van der Waals surface area contributed by atoms with Gasteiger partial charge in [-0.2, -0.15) is 0 Å². The summed E-state index contributed by atoms with van der Waals surface area (Å²) < 4.78 is 6.01. The number of hydrogen-bond acceptors (Lipinski definition) is 2. The van der Waals surface area contributed by atoms with E-state index in [2.05, 4.69) is 66.4 Å². The number of nitrogens with zero attached hydrogens (tertiary/aromatic N) is 1. The van der Waals surface area contributed by atoms with Crippen molar-refractivity contribution >= 4 is 11.0 Å². The van der Waals surface area contributed by atoms with Crippen molar-refractivity contribution in [1.82, 2.24) is 4.90 Å². The van der Waals surface area contributed by atoms with Gasteiger partial charge >= 0.3 is 0 Å². The van der Waals surface area contributed by atoms with Crippen LogP contribution in [0.1, 0.15) is 36.1 Å². The number of furan rings is 1. The number of aryl methyl sites for hydroxylation is 1. The fraction of sp³-hybridized carbons (Fsp3) is 0.364. The molecule has 2 aromatic carbocycles. The van der Waals surface area contributed by atoms with Gasteiger partial charge in [-0.3, -0.25) is 4.90 Å². The average Bonchev–Trinajstić information content (AvgIpc) is 2.96. The number of fused-ring (bicyclic) bond motifs is 1. The summed E-state index contributed by atoms with van der Waals surface area (Å²) in [5.74, 6) is 2.23. The molecule has 2 unspecified atom stereocenters. The molecule has 124 valence electrons. The number of benzene rings is 2. The van der Waals surface area contributed by atoms with E-state index in [1.54, 1.807) is 0 Å². The van der Waals surface area contributed by atoms with Crippen molar-refractivity contribution in [3.8, 4) is 0 Å². The van der Waals surface area contributed by atoms with E-state index >= 15 is 0 Å². The molecule has 2 atom stereocenters. The Balaban J connectivity index is 1.52. The largest absolute Gasteiger partial charge is 0.461 e. The van der Waals surface area contributed by atoms with Crippen LogP contribution in [-0.2, 0) is 6.54 Å². The van der Waals surface area contributed by atoms with Gasteiger partial charge in [-0.15, -0.1) is 0 Å². The Morgan fingerprint density at radius 3 is 2.71 bits per heavy atom. The van der Waals surface area contributed by atoms with Gasteiger partial charge in [0, 0.05) is 18.5 Å². The van der Waals surface area contributed by atoms with Gasteiger partial charge in [0.25, 0.3) is 0 Å². The SMILES string of the molecule is Cc1cc2cccc(C3CCN(Cc4ccccc4)CC3C)c2o1. The molecule has 1 saturated heterocycles. The molecule has 0 bridgehead atoms. The minimum Gasteiger partial charge on any atom is -0.461 e. The number of rotatable bonds is 3. The monoisotopic (exact) mass is 319 g/mol. The molecule has 2 heteroatoms. The Hall–Kier alpha value is -2.06. The maximum absolute atomic E-state index is 6.01. The molecular weight excluding hydrogens is 294 g/mol. The highest BCUT2D eigenvalue weighted by molar-refractivity contribution is 5.81. The van der Waals surface area contributed by atoms with Crippen LogP contribution < -0.4 is 0 Å². The molecule has 2 nitrogen and oxygen atoms in total. The summed E-state index contributed by atoms with van der Waals surface area (Å²) in [5.41, 5.74) is 3.91. The van der Waals surface area contributed by atoms with Crippen LogP contribution >= 0.6 is 0 Å². The average molecular weight is 319 g/mol. The van der Waals surface area contributed by atoms with Gasteiger partial charge < -0.3 is 4.42 Å². The van der Waals surface area contributed by atoms with E-state index in [0.717, 1.165) is 31.0 Å². The van der Waals surface area contributed by atoms with Crippen LogP contribution in [-0.4, -0.2) is 18.0 Å². The molecule has 0 aliphatic carbocycles. The first kappa shape index (κ1) is 15.5. The van der Waals surface area contributed by atoms with Crippen LogP contribution in [0.4, 0.5) is 0 Å². The van der Waals surface area contributed by atoms with Crippen molar-refractivity contribution in [3.05, 3.63) is 71.5 Å². The van der Waals surface area contributed by atoms with Crippen LogP contribution in [0.3, 0.4) is 0 Å². The molecule has 1 aliphatic heterocycles. The summed E-state index contributed by atoms with van der Waals surface area (Å²) in [6, 6.07) is 19.5. The highest BCUT2D eigenvalue weighted by atomic mass is 16.3. The molecule has 1 aromatic heterocycles. The molecule has 3 aromatic rings. The summed E-state index contributed by atoms with van der Waals surface area (Å²) >= 11 is 0. The lowest BCUT2D eigenvalue weighted by molar-refractivity contribution is 0.156. The van der Waals surface area contributed by atoms with Gasteiger partial charge in [-0.25, -0.2) is 0 Å². The van der Waals surface area contributed by atoms with E-state index in [-0.39, 0.29) is 0 Å². The van der Waals surface area contributed by atoms with Crippen molar-refractivity contribution in [2.75, 3.05) is 13.1 Å². The lowest BCUT2D eigenvalue weighted by Gasteiger charge is -2.37. The van der Waals surface area contributed by atoms with E-state index < -0.39 is 0 Å². The predicted octanol–water partition coefficient (Wildman–Crippen LogP) is 5.37. The summed E-state index contributed by atoms with van der Waals surface area (Å²) in [5, 5.41) is 1.24. The number of para-hydroxylation sites is 1. The van der Waals surface area contributed by atoms with Crippen LogP contribution in [0.25, 0.3) is 11.0 Å². The van der Waals surface area contributed by atoms with Gasteiger partial charge in [0.1, 0.15) is 11.3 Å². The minimum atomic E-state index is 0.589. The Bertz CT molecular complexity index is 820. The van der Waals surface area contributed by atoms with Gasteiger partial charge in [0.15, 0.2) is 0 Å². The Kier molecular flexibility index (Phi) is 4.15. The second-order valence-electron chi connectivity index (χ2n) is 7.22. The molecule has 0 saturated carbocycles. The molecule has 0 amide bonds. The molecule has 2 heterocycles. The van der Waals surface area contributed by atoms with Crippen molar-refractivity contribution in [1.29, 1.82) is 0 Å². The molecule has 24 heavy (non-hydrogen) atoms. The zero-order chi connectivity index (χ0) is 16.5. The van der Waals surface area contributed by atoms with E-state index in [1.165, 1.54) is 22.9 Å².